The van der Waals surface area contributed by atoms with E-state index in [1.165, 1.54) is 38.5 Å². The van der Waals surface area contributed by atoms with Gasteiger partial charge in [0.2, 0.25) is 0 Å². The van der Waals surface area contributed by atoms with Crippen molar-refractivity contribution in [2.75, 3.05) is 6.54 Å². The molecule has 2 rings (SSSR count). The zero-order valence-electron chi connectivity index (χ0n) is 13.5. The van der Waals surface area contributed by atoms with E-state index in [-0.39, 0.29) is 0 Å². The van der Waals surface area contributed by atoms with Crippen molar-refractivity contribution in [2.24, 2.45) is 11.8 Å². The molecule has 1 aliphatic rings. The van der Waals surface area contributed by atoms with Crippen LogP contribution in [0.25, 0.3) is 0 Å². The van der Waals surface area contributed by atoms with E-state index < -0.39 is 0 Å². The fourth-order valence-electron chi connectivity index (χ4n) is 3.48. The predicted octanol–water partition coefficient (Wildman–Crippen LogP) is 5.10. The number of hydrogen-bond donors (Lipinski definition) is 1. The van der Waals surface area contributed by atoms with Crippen molar-refractivity contribution in [2.45, 2.75) is 71.8 Å². The van der Waals surface area contributed by atoms with Gasteiger partial charge in [-0.1, -0.05) is 40.0 Å². The molecule has 0 radical (unpaired) electrons. The van der Waals surface area contributed by atoms with Crippen LogP contribution >= 0.6 is 0 Å². The Balaban J connectivity index is 2.03. The first-order valence-corrected chi connectivity index (χ1v) is 8.60. The molecule has 1 aliphatic carbocycles. The quantitative estimate of drug-likeness (QED) is 0.750. The standard InChI is InChI=1S/C18H31NO/c1-4-13-19-18(17-12-11-16(6-3)20-17)15-9-7-14(5-2)8-10-15/h11-12,14-15,18-19H,4-10,13H2,1-3H3. The van der Waals surface area contributed by atoms with Crippen molar-refractivity contribution in [1.82, 2.24) is 5.32 Å². The van der Waals surface area contributed by atoms with E-state index in [1.807, 2.05) is 0 Å². The molecule has 0 amide bonds. The van der Waals surface area contributed by atoms with Gasteiger partial charge < -0.3 is 9.73 Å². The zero-order chi connectivity index (χ0) is 14.4. The maximum absolute atomic E-state index is 6.04. The maximum atomic E-state index is 6.04. The van der Waals surface area contributed by atoms with E-state index in [1.54, 1.807) is 0 Å². The monoisotopic (exact) mass is 277 g/mol. The number of hydrogen-bond acceptors (Lipinski definition) is 2. The second-order valence-electron chi connectivity index (χ2n) is 6.28. The molecule has 0 saturated heterocycles. The highest BCUT2D eigenvalue weighted by molar-refractivity contribution is 5.12. The molecule has 1 N–H and O–H groups in total. The van der Waals surface area contributed by atoms with Crippen LogP contribution in [0.2, 0.25) is 0 Å². The van der Waals surface area contributed by atoms with Gasteiger partial charge in [-0.25, -0.2) is 0 Å². The SMILES string of the molecule is CCCNC(c1ccc(CC)o1)C1CCC(CC)CC1. The Morgan fingerprint density at radius 2 is 1.90 bits per heavy atom. The summed E-state index contributed by atoms with van der Waals surface area (Å²) in [4.78, 5) is 0. The van der Waals surface area contributed by atoms with Gasteiger partial charge >= 0.3 is 0 Å². The Morgan fingerprint density at radius 1 is 1.15 bits per heavy atom. The Labute approximate surface area is 124 Å². The summed E-state index contributed by atoms with van der Waals surface area (Å²) < 4.78 is 6.04. The summed E-state index contributed by atoms with van der Waals surface area (Å²) in [5.74, 6) is 3.99. The smallest absolute Gasteiger partial charge is 0.121 e. The average Bonchev–Trinajstić information content (AvgIpc) is 2.97. The minimum atomic E-state index is 0.424. The van der Waals surface area contributed by atoms with Gasteiger partial charge in [0.1, 0.15) is 11.5 Å². The van der Waals surface area contributed by atoms with Crippen LogP contribution in [-0.4, -0.2) is 6.54 Å². The third kappa shape index (κ3) is 3.88. The first kappa shape index (κ1) is 15.6. The normalized spacial score (nSPS) is 24.8. The summed E-state index contributed by atoms with van der Waals surface area (Å²) in [7, 11) is 0. The lowest BCUT2D eigenvalue weighted by molar-refractivity contribution is 0.201. The molecule has 1 atom stereocenters. The van der Waals surface area contributed by atoms with E-state index >= 15 is 0 Å². The van der Waals surface area contributed by atoms with Crippen LogP contribution in [0, 0.1) is 11.8 Å². The van der Waals surface area contributed by atoms with Crippen molar-refractivity contribution in [3.05, 3.63) is 23.7 Å². The molecule has 1 heterocycles. The maximum Gasteiger partial charge on any atom is 0.121 e. The number of nitrogens with one attached hydrogen (secondary N) is 1. The Bertz CT molecular complexity index is 377. The summed E-state index contributed by atoms with van der Waals surface area (Å²) in [6.07, 6.45) is 9.01. The highest BCUT2D eigenvalue weighted by atomic mass is 16.3. The minimum Gasteiger partial charge on any atom is -0.464 e. The van der Waals surface area contributed by atoms with Crippen molar-refractivity contribution < 1.29 is 4.42 Å². The molecule has 0 aromatic carbocycles. The highest BCUT2D eigenvalue weighted by Gasteiger charge is 2.29. The first-order valence-electron chi connectivity index (χ1n) is 8.60. The van der Waals surface area contributed by atoms with Gasteiger partial charge in [-0.15, -0.1) is 0 Å². The van der Waals surface area contributed by atoms with Crippen LogP contribution in [0.1, 0.15) is 76.9 Å². The number of aryl methyl sites for hydroxylation is 1. The Kier molecular flexibility index (Phi) is 6.15. The molecule has 114 valence electrons. The lowest BCUT2D eigenvalue weighted by Gasteiger charge is -2.33. The topological polar surface area (TPSA) is 25.2 Å². The van der Waals surface area contributed by atoms with Gasteiger partial charge in [0, 0.05) is 6.42 Å². The van der Waals surface area contributed by atoms with Crippen molar-refractivity contribution in [3.8, 4) is 0 Å². The highest BCUT2D eigenvalue weighted by Crippen LogP contribution is 2.38. The minimum absolute atomic E-state index is 0.424. The van der Waals surface area contributed by atoms with Gasteiger partial charge in [0.15, 0.2) is 0 Å². The van der Waals surface area contributed by atoms with Gasteiger partial charge in [0.25, 0.3) is 0 Å². The van der Waals surface area contributed by atoms with Crippen LogP contribution in [0.15, 0.2) is 16.5 Å². The molecule has 2 nitrogen and oxygen atoms in total. The summed E-state index contributed by atoms with van der Waals surface area (Å²) in [6.45, 7) is 7.81. The van der Waals surface area contributed by atoms with Crippen LogP contribution in [0.5, 0.6) is 0 Å². The second-order valence-corrected chi connectivity index (χ2v) is 6.28. The molecule has 1 saturated carbocycles. The van der Waals surface area contributed by atoms with Crippen molar-refractivity contribution >= 4 is 0 Å². The molecule has 1 unspecified atom stereocenters. The average molecular weight is 277 g/mol. The fourth-order valence-corrected chi connectivity index (χ4v) is 3.48. The molecule has 1 aromatic heterocycles. The molecule has 0 aliphatic heterocycles. The molecule has 2 heteroatoms. The van der Waals surface area contributed by atoms with Gasteiger partial charge in [-0.2, -0.15) is 0 Å². The molecule has 1 aromatic rings. The van der Waals surface area contributed by atoms with Crippen molar-refractivity contribution in [3.63, 3.8) is 0 Å². The number of furan rings is 1. The fraction of sp³-hybridized carbons (Fsp3) is 0.778. The van der Waals surface area contributed by atoms with E-state index in [0.717, 1.165) is 36.3 Å². The Morgan fingerprint density at radius 3 is 2.45 bits per heavy atom. The molecule has 0 bridgehead atoms. The van der Waals surface area contributed by atoms with Crippen molar-refractivity contribution in [1.29, 1.82) is 0 Å². The summed E-state index contributed by atoms with van der Waals surface area (Å²) in [5, 5.41) is 3.73. The second kappa shape index (κ2) is 7.87. The first-order chi connectivity index (χ1) is 9.78. The molecular weight excluding hydrogens is 246 g/mol. The van der Waals surface area contributed by atoms with E-state index in [2.05, 4.69) is 38.2 Å². The van der Waals surface area contributed by atoms with Gasteiger partial charge in [-0.3, -0.25) is 0 Å². The summed E-state index contributed by atoms with van der Waals surface area (Å²) >= 11 is 0. The predicted molar refractivity (Wildman–Crippen MR) is 84.9 cm³/mol. The zero-order valence-corrected chi connectivity index (χ0v) is 13.5. The van der Waals surface area contributed by atoms with E-state index in [0.29, 0.717) is 6.04 Å². The van der Waals surface area contributed by atoms with E-state index in [9.17, 15) is 0 Å². The van der Waals surface area contributed by atoms with E-state index in [4.69, 9.17) is 4.42 Å². The van der Waals surface area contributed by atoms with Gasteiger partial charge in [0.05, 0.1) is 6.04 Å². The Hall–Kier alpha value is -0.760. The largest absolute Gasteiger partial charge is 0.464 e. The van der Waals surface area contributed by atoms with Crippen LogP contribution in [0.4, 0.5) is 0 Å². The third-order valence-corrected chi connectivity index (χ3v) is 4.89. The summed E-state index contributed by atoms with van der Waals surface area (Å²) in [5.41, 5.74) is 0. The van der Waals surface area contributed by atoms with Gasteiger partial charge in [-0.05, 0) is 49.8 Å². The third-order valence-electron chi connectivity index (χ3n) is 4.89. The molecule has 0 spiro atoms. The summed E-state index contributed by atoms with van der Waals surface area (Å²) in [6, 6.07) is 4.76. The molecular formula is C18H31NO. The number of rotatable bonds is 7. The molecule has 1 fully saturated rings. The van der Waals surface area contributed by atoms with Crippen LogP contribution < -0.4 is 5.32 Å². The lowest BCUT2D eigenvalue weighted by Crippen LogP contribution is -2.31. The molecule has 20 heavy (non-hydrogen) atoms. The van der Waals surface area contributed by atoms with Crippen LogP contribution in [-0.2, 0) is 6.42 Å². The lowest BCUT2D eigenvalue weighted by atomic mass is 9.77. The van der Waals surface area contributed by atoms with Crippen LogP contribution in [0.3, 0.4) is 0 Å².